The molecule has 6 nitrogen and oxygen atoms in total. The number of hydrogen-bond donors (Lipinski definition) is 2. The molecule has 1 aromatic carbocycles. The van der Waals surface area contributed by atoms with Gasteiger partial charge in [-0.3, -0.25) is 0 Å². The number of aliphatic hydroxyl groups is 2. The highest BCUT2D eigenvalue weighted by atomic mass is 16.5. The lowest BCUT2D eigenvalue weighted by atomic mass is 9.50. The molecular formula is C20H28O6. The van der Waals surface area contributed by atoms with E-state index in [2.05, 4.69) is 0 Å². The summed E-state index contributed by atoms with van der Waals surface area (Å²) in [4.78, 5) is 0. The third kappa shape index (κ3) is 1.98. The van der Waals surface area contributed by atoms with Gasteiger partial charge in [0.2, 0.25) is 5.75 Å². The van der Waals surface area contributed by atoms with E-state index in [1.807, 2.05) is 6.07 Å². The van der Waals surface area contributed by atoms with E-state index in [4.69, 9.17) is 18.9 Å². The van der Waals surface area contributed by atoms with Crippen LogP contribution in [-0.4, -0.2) is 50.4 Å². The van der Waals surface area contributed by atoms with Gasteiger partial charge in [-0.15, -0.1) is 0 Å². The highest BCUT2D eigenvalue weighted by molar-refractivity contribution is 5.63. The second kappa shape index (κ2) is 6.29. The zero-order valence-corrected chi connectivity index (χ0v) is 15.7. The van der Waals surface area contributed by atoms with E-state index >= 15 is 0 Å². The Balaban J connectivity index is 2.03. The van der Waals surface area contributed by atoms with E-state index in [1.165, 1.54) is 0 Å². The third-order valence-electron chi connectivity index (χ3n) is 6.98. The van der Waals surface area contributed by atoms with Crippen molar-refractivity contribution in [1.82, 2.24) is 0 Å². The maximum Gasteiger partial charge on any atom is 0.203 e. The first-order chi connectivity index (χ1) is 12.6. The molecule has 0 amide bonds. The van der Waals surface area contributed by atoms with Gasteiger partial charge in [-0.2, -0.15) is 0 Å². The Hall–Kier alpha value is -1.50. The maximum atomic E-state index is 11.5. The molecule has 2 N–H and O–H groups in total. The lowest BCUT2D eigenvalue weighted by Crippen LogP contribution is -2.58. The summed E-state index contributed by atoms with van der Waals surface area (Å²) in [5, 5.41) is 21.9. The van der Waals surface area contributed by atoms with E-state index in [-0.39, 0.29) is 17.9 Å². The van der Waals surface area contributed by atoms with Gasteiger partial charge in [-0.1, -0.05) is 12.8 Å². The van der Waals surface area contributed by atoms with Crippen molar-refractivity contribution in [3.8, 4) is 17.2 Å². The SMILES string of the molecule is COc1cc2c(c(OC)c1OC)[C@@H](CO)[C@]13CCCC[C@]1(CCO3)[C@H]2O. The average Bonchev–Trinajstić information content (AvgIpc) is 3.08. The fourth-order valence-electron chi connectivity index (χ4n) is 5.94. The minimum absolute atomic E-state index is 0.0622. The average molecular weight is 364 g/mol. The molecule has 0 aromatic heterocycles. The zero-order chi connectivity index (χ0) is 18.5. The number of hydrogen-bond acceptors (Lipinski definition) is 6. The number of rotatable bonds is 4. The monoisotopic (exact) mass is 364 g/mol. The molecule has 1 heterocycles. The largest absolute Gasteiger partial charge is 0.493 e. The summed E-state index contributed by atoms with van der Waals surface area (Å²) in [5.74, 6) is 1.26. The van der Waals surface area contributed by atoms with Crippen LogP contribution >= 0.6 is 0 Å². The molecule has 4 atom stereocenters. The fraction of sp³-hybridized carbons (Fsp3) is 0.700. The summed E-state index contributed by atoms with van der Waals surface area (Å²) in [7, 11) is 4.72. The van der Waals surface area contributed by atoms with Crippen molar-refractivity contribution in [3.05, 3.63) is 17.2 Å². The van der Waals surface area contributed by atoms with Crippen LogP contribution < -0.4 is 14.2 Å². The van der Waals surface area contributed by atoms with E-state index in [1.54, 1.807) is 21.3 Å². The van der Waals surface area contributed by atoms with Crippen LogP contribution in [0.1, 0.15) is 55.3 Å². The first-order valence-corrected chi connectivity index (χ1v) is 9.36. The van der Waals surface area contributed by atoms with Crippen LogP contribution in [0.4, 0.5) is 0 Å². The summed E-state index contributed by atoms with van der Waals surface area (Å²) in [5.41, 5.74) is 0.636. The summed E-state index contributed by atoms with van der Waals surface area (Å²) in [6.07, 6.45) is 3.97. The Morgan fingerprint density at radius 1 is 1.08 bits per heavy atom. The van der Waals surface area contributed by atoms with E-state index < -0.39 is 11.7 Å². The molecule has 0 unspecified atom stereocenters. The molecule has 2 fully saturated rings. The van der Waals surface area contributed by atoms with Crippen LogP contribution in [0.2, 0.25) is 0 Å². The van der Waals surface area contributed by atoms with Crippen molar-refractivity contribution < 1.29 is 29.2 Å². The number of fused-ring (bicyclic) bond motifs is 1. The predicted octanol–water partition coefficient (Wildman–Crippen LogP) is 2.55. The maximum absolute atomic E-state index is 11.5. The Bertz CT molecular complexity index is 704. The van der Waals surface area contributed by atoms with Gasteiger partial charge in [-0.25, -0.2) is 0 Å². The normalized spacial score (nSPS) is 35.3. The van der Waals surface area contributed by atoms with E-state index in [0.29, 0.717) is 23.9 Å². The Morgan fingerprint density at radius 3 is 2.46 bits per heavy atom. The van der Waals surface area contributed by atoms with Gasteiger partial charge in [0.25, 0.3) is 0 Å². The summed E-state index contributed by atoms with van der Waals surface area (Å²) >= 11 is 0. The standard InChI is InChI=1S/C20H28O6/c1-23-14-10-12-15(17(25-3)16(14)24-2)13(11-21)20-7-5-4-6-19(20,18(12)22)8-9-26-20/h10,13,18,21-22H,4-9,11H2,1-3H3/t13-,18+,19+,20-/m1/s1. The van der Waals surface area contributed by atoms with E-state index in [9.17, 15) is 10.2 Å². The quantitative estimate of drug-likeness (QED) is 0.855. The fourth-order valence-corrected chi connectivity index (χ4v) is 5.94. The highest BCUT2D eigenvalue weighted by Crippen LogP contribution is 2.69. The predicted molar refractivity (Wildman–Crippen MR) is 95.1 cm³/mol. The molecule has 144 valence electrons. The number of benzene rings is 1. The van der Waals surface area contributed by atoms with Gasteiger partial charge in [0, 0.05) is 23.5 Å². The van der Waals surface area contributed by atoms with E-state index in [0.717, 1.165) is 43.2 Å². The van der Waals surface area contributed by atoms with Crippen LogP contribution in [-0.2, 0) is 4.74 Å². The molecule has 1 saturated carbocycles. The summed E-state index contributed by atoms with van der Waals surface area (Å²) in [6, 6.07) is 1.84. The number of methoxy groups -OCH3 is 3. The lowest BCUT2D eigenvalue weighted by Gasteiger charge is -2.57. The van der Waals surface area contributed by atoms with Gasteiger partial charge in [0.05, 0.1) is 39.6 Å². The van der Waals surface area contributed by atoms with Crippen LogP contribution in [0.15, 0.2) is 6.07 Å². The third-order valence-corrected chi connectivity index (χ3v) is 6.98. The summed E-state index contributed by atoms with van der Waals surface area (Å²) in [6.45, 7) is 0.547. The molecule has 0 bridgehead atoms. The first-order valence-electron chi connectivity index (χ1n) is 9.36. The smallest absolute Gasteiger partial charge is 0.203 e. The first kappa shape index (κ1) is 17.9. The molecule has 2 aliphatic carbocycles. The second-order valence-electron chi connectivity index (χ2n) is 7.64. The molecule has 3 aliphatic rings. The molecule has 6 heteroatoms. The van der Waals surface area contributed by atoms with Crippen molar-refractivity contribution in [2.75, 3.05) is 34.5 Å². The molecule has 4 rings (SSSR count). The second-order valence-corrected chi connectivity index (χ2v) is 7.64. The molecule has 1 aliphatic heterocycles. The van der Waals surface area contributed by atoms with Crippen LogP contribution in [0.5, 0.6) is 17.2 Å². The number of ether oxygens (including phenoxy) is 4. The van der Waals surface area contributed by atoms with Crippen molar-refractivity contribution >= 4 is 0 Å². The van der Waals surface area contributed by atoms with Crippen LogP contribution in [0, 0.1) is 5.41 Å². The van der Waals surface area contributed by atoms with Gasteiger partial charge in [-0.05, 0) is 30.9 Å². The van der Waals surface area contributed by atoms with Crippen molar-refractivity contribution in [1.29, 1.82) is 0 Å². The molecule has 1 aromatic rings. The highest BCUT2D eigenvalue weighted by Gasteiger charge is 2.67. The molecular weight excluding hydrogens is 336 g/mol. The van der Waals surface area contributed by atoms with Crippen LogP contribution in [0.3, 0.4) is 0 Å². The van der Waals surface area contributed by atoms with Crippen molar-refractivity contribution in [2.45, 2.75) is 49.7 Å². The van der Waals surface area contributed by atoms with Crippen molar-refractivity contribution in [3.63, 3.8) is 0 Å². The molecule has 0 spiro atoms. The molecule has 0 radical (unpaired) electrons. The van der Waals surface area contributed by atoms with Crippen LogP contribution in [0.25, 0.3) is 0 Å². The Labute approximate surface area is 154 Å². The Morgan fingerprint density at radius 2 is 1.81 bits per heavy atom. The van der Waals surface area contributed by atoms with Gasteiger partial charge >= 0.3 is 0 Å². The molecule has 26 heavy (non-hydrogen) atoms. The van der Waals surface area contributed by atoms with Gasteiger partial charge < -0.3 is 29.2 Å². The summed E-state index contributed by atoms with van der Waals surface area (Å²) < 4.78 is 23.1. The minimum Gasteiger partial charge on any atom is -0.493 e. The topological polar surface area (TPSA) is 77.4 Å². The number of aliphatic hydroxyl groups excluding tert-OH is 2. The minimum atomic E-state index is -0.684. The molecule has 1 saturated heterocycles. The lowest BCUT2D eigenvalue weighted by molar-refractivity contribution is -0.172. The van der Waals surface area contributed by atoms with Gasteiger partial charge in [0.15, 0.2) is 11.5 Å². The van der Waals surface area contributed by atoms with Gasteiger partial charge in [0.1, 0.15) is 0 Å². The Kier molecular flexibility index (Phi) is 4.33. The zero-order valence-electron chi connectivity index (χ0n) is 15.7. The van der Waals surface area contributed by atoms with Crippen molar-refractivity contribution in [2.24, 2.45) is 5.41 Å².